The van der Waals surface area contributed by atoms with Crippen molar-refractivity contribution in [1.29, 1.82) is 0 Å². The zero-order chi connectivity index (χ0) is 18.6. The van der Waals surface area contributed by atoms with Crippen molar-refractivity contribution < 1.29 is 22.6 Å². The largest absolute Gasteiger partial charge is 0.497 e. The van der Waals surface area contributed by atoms with Crippen LogP contribution in [0.15, 0.2) is 18.2 Å². The molecule has 3 nitrogen and oxygen atoms in total. The Morgan fingerprint density at radius 1 is 1.00 bits per heavy atom. The molecule has 0 spiro atoms. The van der Waals surface area contributed by atoms with Crippen LogP contribution in [-0.4, -0.2) is 25.9 Å². The number of ether oxygens (including phenoxy) is 2. The molecular weight excluding hydrogens is 343 g/mol. The van der Waals surface area contributed by atoms with Crippen molar-refractivity contribution in [3.8, 4) is 11.5 Å². The van der Waals surface area contributed by atoms with E-state index in [9.17, 15) is 13.2 Å². The molecule has 2 unspecified atom stereocenters. The highest BCUT2D eigenvalue weighted by molar-refractivity contribution is 5.38. The van der Waals surface area contributed by atoms with Gasteiger partial charge in [-0.05, 0) is 68.1 Å². The van der Waals surface area contributed by atoms with Gasteiger partial charge in [0.25, 0.3) is 0 Å². The Labute approximate surface area is 152 Å². The van der Waals surface area contributed by atoms with Gasteiger partial charge in [0.15, 0.2) is 0 Å². The molecular formula is C20H26F3NO2. The van der Waals surface area contributed by atoms with Crippen molar-refractivity contribution in [2.45, 2.75) is 56.8 Å². The van der Waals surface area contributed by atoms with E-state index in [1.165, 1.54) is 0 Å². The van der Waals surface area contributed by atoms with Crippen LogP contribution in [0.25, 0.3) is 0 Å². The number of nitrogens with one attached hydrogen (secondary N) is 1. The summed E-state index contributed by atoms with van der Waals surface area (Å²) >= 11 is 0. The van der Waals surface area contributed by atoms with Gasteiger partial charge in [0.05, 0.1) is 19.6 Å². The van der Waals surface area contributed by atoms with Crippen LogP contribution < -0.4 is 14.8 Å². The fourth-order valence-electron chi connectivity index (χ4n) is 6.06. The fraction of sp³-hybridized carbons (Fsp3) is 0.700. The summed E-state index contributed by atoms with van der Waals surface area (Å²) in [5, 5.41) is 3.53. The highest BCUT2D eigenvalue weighted by Gasteiger charge is 2.67. The third kappa shape index (κ3) is 2.96. The first-order valence-electron chi connectivity index (χ1n) is 9.30. The molecule has 4 fully saturated rings. The summed E-state index contributed by atoms with van der Waals surface area (Å²) < 4.78 is 52.2. The number of methoxy groups -OCH3 is 2. The van der Waals surface area contributed by atoms with Gasteiger partial charge < -0.3 is 14.8 Å². The summed E-state index contributed by atoms with van der Waals surface area (Å²) in [6, 6.07) is 5.62. The Balaban J connectivity index is 1.55. The second-order valence-electron chi connectivity index (χ2n) is 8.59. The first-order valence-corrected chi connectivity index (χ1v) is 9.30. The van der Waals surface area contributed by atoms with Crippen LogP contribution in [0.5, 0.6) is 11.5 Å². The van der Waals surface area contributed by atoms with Gasteiger partial charge >= 0.3 is 6.18 Å². The molecule has 6 heteroatoms. The average molecular weight is 369 g/mol. The fourth-order valence-corrected chi connectivity index (χ4v) is 6.06. The van der Waals surface area contributed by atoms with Crippen LogP contribution in [0.1, 0.15) is 44.1 Å². The molecule has 0 radical (unpaired) electrons. The SMILES string of the molecule is COc1cc(CNC23CC4CC(C2)CC(C(F)(F)F)(C4)C3)cc(OC)c1. The van der Waals surface area contributed by atoms with E-state index < -0.39 is 17.1 Å². The average Bonchev–Trinajstić information content (AvgIpc) is 2.57. The van der Waals surface area contributed by atoms with Crippen molar-refractivity contribution in [1.82, 2.24) is 5.32 Å². The summed E-state index contributed by atoms with van der Waals surface area (Å²) in [4.78, 5) is 0. The molecule has 4 saturated carbocycles. The number of hydrogen-bond acceptors (Lipinski definition) is 3. The third-order valence-corrected chi connectivity index (χ3v) is 6.74. The maximum atomic E-state index is 13.9. The number of benzene rings is 1. The zero-order valence-electron chi connectivity index (χ0n) is 15.3. The summed E-state index contributed by atoms with van der Waals surface area (Å²) in [5.74, 6) is 1.78. The first kappa shape index (κ1) is 18.0. The maximum absolute atomic E-state index is 13.9. The van der Waals surface area contributed by atoms with Crippen LogP contribution in [0.4, 0.5) is 13.2 Å². The highest BCUT2D eigenvalue weighted by atomic mass is 19.4. The Bertz CT molecular complexity index is 652. The minimum absolute atomic E-state index is 0.199. The van der Waals surface area contributed by atoms with Gasteiger partial charge in [0.2, 0.25) is 0 Å². The van der Waals surface area contributed by atoms with E-state index in [4.69, 9.17) is 9.47 Å². The highest BCUT2D eigenvalue weighted by Crippen LogP contribution is 2.66. The summed E-state index contributed by atoms with van der Waals surface area (Å²) in [7, 11) is 3.19. The van der Waals surface area contributed by atoms with Crippen LogP contribution in [0, 0.1) is 17.3 Å². The topological polar surface area (TPSA) is 30.5 Å². The van der Waals surface area contributed by atoms with Crippen LogP contribution in [-0.2, 0) is 6.54 Å². The lowest BCUT2D eigenvalue weighted by Crippen LogP contribution is -2.65. The molecule has 0 amide bonds. The molecule has 26 heavy (non-hydrogen) atoms. The molecule has 0 heterocycles. The second-order valence-corrected chi connectivity index (χ2v) is 8.59. The van der Waals surface area contributed by atoms with Gasteiger partial charge in [-0.15, -0.1) is 0 Å². The van der Waals surface area contributed by atoms with E-state index in [1.54, 1.807) is 20.3 Å². The molecule has 1 N–H and O–H groups in total. The number of halogens is 3. The maximum Gasteiger partial charge on any atom is 0.394 e. The molecule has 1 aromatic rings. The van der Waals surface area contributed by atoms with Crippen molar-refractivity contribution in [3.63, 3.8) is 0 Å². The van der Waals surface area contributed by atoms with Gasteiger partial charge in [0, 0.05) is 18.2 Å². The second kappa shape index (κ2) is 6.04. The molecule has 5 rings (SSSR count). The van der Waals surface area contributed by atoms with Gasteiger partial charge in [0.1, 0.15) is 11.5 Å². The van der Waals surface area contributed by atoms with Crippen LogP contribution in [0.2, 0.25) is 0 Å². The molecule has 0 aromatic heterocycles. The number of alkyl halides is 3. The molecule has 4 aliphatic carbocycles. The summed E-state index contributed by atoms with van der Waals surface area (Å²) in [5.41, 5.74) is -0.899. The van der Waals surface area contributed by atoms with Crippen LogP contribution >= 0.6 is 0 Å². The Morgan fingerprint density at radius 2 is 1.58 bits per heavy atom. The molecule has 1 aromatic carbocycles. The van der Waals surface area contributed by atoms with Gasteiger partial charge in [-0.2, -0.15) is 13.2 Å². The van der Waals surface area contributed by atoms with Crippen molar-refractivity contribution in [2.75, 3.05) is 14.2 Å². The molecule has 0 aliphatic heterocycles. The van der Waals surface area contributed by atoms with E-state index in [2.05, 4.69) is 5.32 Å². The minimum Gasteiger partial charge on any atom is -0.497 e. The van der Waals surface area contributed by atoms with E-state index >= 15 is 0 Å². The minimum atomic E-state index is -4.10. The summed E-state index contributed by atoms with van der Waals surface area (Å²) in [6.45, 7) is 0.529. The molecule has 4 bridgehead atoms. The molecule has 0 saturated heterocycles. The van der Waals surface area contributed by atoms with Gasteiger partial charge in [-0.1, -0.05) is 0 Å². The van der Waals surface area contributed by atoms with Gasteiger partial charge in [-0.25, -0.2) is 0 Å². The standard InChI is InChI=1S/C20H26F3NO2/c1-25-16-4-13(5-17(6-16)26-2)11-24-19-9-14-3-15(10-19)8-18(7-14,12-19)20(21,22)23/h4-6,14-15,24H,3,7-12H2,1-2H3. The Hall–Kier alpha value is -1.43. The van der Waals surface area contributed by atoms with Gasteiger partial charge in [-0.3, -0.25) is 0 Å². The predicted octanol–water partition coefficient (Wildman–Crippen LogP) is 4.69. The lowest BCUT2D eigenvalue weighted by atomic mass is 9.46. The van der Waals surface area contributed by atoms with E-state index in [0.29, 0.717) is 30.9 Å². The summed E-state index contributed by atoms with van der Waals surface area (Å²) in [6.07, 6.45) is -0.541. The molecule has 4 aliphatic rings. The number of rotatable bonds is 5. The lowest BCUT2D eigenvalue weighted by molar-refractivity contribution is -0.278. The monoisotopic (exact) mass is 369 g/mol. The first-order chi connectivity index (χ1) is 12.3. The third-order valence-electron chi connectivity index (χ3n) is 6.74. The lowest BCUT2D eigenvalue weighted by Gasteiger charge is -2.62. The van der Waals surface area contributed by atoms with Crippen molar-refractivity contribution in [3.05, 3.63) is 23.8 Å². The Morgan fingerprint density at radius 3 is 2.08 bits per heavy atom. The quantitative estimate of drug-likeness (QED) is 0.816. The van der Waals surface area contributed by atoms with Crippen molar-refractivity contribution >= 4 is 0 Å². The zero-order valence-corrected chi connectivity index (χ0v) is 15.3. The van der Waals surface area contributed by atoms with E-state index in [0.717, 1.165) is 24.8 Å². The Kier molecular flexibility index (Phi) is 4.17. The molecule has 144 valence electrons. The number of hydrogen-bond donors (Lipinski definition) is 1. The smallest absolute Gasteiger partial charge is 0.394 e. The van der Waals surface area contributed by atoms with Crippen LogP contribution in [0.3, 0.4) is 0 Å². The van der Waals surface area contributed by atoms with Crippen molar-refractivity contribution in [2.24, 2.45) is 17.3 Å². The molecule has 2 atom stereocenters. The van der Waals surface area contributed by atoms with E-state index in [-0.39, 0.29) is 18.3 Å². The predicted molar refractivity (Wildman–Crippen MR) is 92.3 cm³/mol. The van der Waals surface area contributed by atoms with E-state index in [1.807, 2.05) is 12.1 Å². The normalized spacial score (nSPS) is 35.6.